The van der Waals surface area contributed by atoms with E-state index in [1.54, 1.807) is 30.3 Å². The highest BCUT2D eigenvalue weighted by atomic mass is 32.2. The summed E-state index contributed by atoms with van der Waals surface area (Å²) in [5.41, 5.74) is -1.15. The number of imidazole rings is 1. The van der Waals surface area contributed by atoms with Gasteiger partial charge in [0, 0.05) is 17.2 Å². The van der Waals surface area contributed by atoms with E-state index in [0.29, 0.717) is 9.46 Å². The molecule has 0 N–H and O–H groups in total. The van der Waals surface area contributed by atoms with Crippen LogP contribution in [0.3, 0.4) is 0 Å². The lowest BCUT2D eigenvalue weighted by atomic mass is 10.4. The van der Waals surface area contributed by atoms with E-state index in [4.69, 9.17) is 0 Å². The lowest BCUT2D eigenvalue weighted by Crippen LogP contribution is -2.18. The Balaban J connectivity index is 2.48. The van der Waals surface area contributed by atoms with Gasteiger partial charge in [0.15, 0.2) is 5.82 Å². The van der Waals surface area contributed by atoms with Gasteiger partial charge in [-0.15, -0.1) is 0 Å². The van der Waals surface area contributed by atoms with E-state index in [-0.39, 0.29) is 5.82 Å². The number of nitrogens with zero attached hydrogens (tertiary/aromatic N) is 3. The zero-order valence-electron chi connectivity index (χ0n) is 11.2. The summed E-state index contributed by atoms with van der Waals surface area (Å²) >= 11 is 0.830. The lowest BCUT2D eigenvalue weighted by molar-refractivity contribution is -0.391. The molecule has 116 valence electrons. The molecule has 0 bridgehead atoms. The van der Waals surface area contributed by atoms with E-state index in [0.717, 1.165) is 23.4 Å². The molecular formula is C13H10F3N3O2S. The van der Waals surface area contributed by atoms with Crippen molar-refractivity contribution in [2.24, 2.45) is 0 Å². The molecule has 9 heteroatoms. The number of nitro groups is 1. The van der Waals surface area contributed by atoms with Crippen LogP contribution in [-0.2, 0) is 0 Å². The third-order valence-corrected chi connectivity index (χ3v) is 3.57. The molecule has 0 saturated carbocycles. The fourth-order valence-electron chi connectivity index (χ4n) is 1.73. The highest BCUT2D eigenvalue weighted by molar-refractivity contribution is 8.02. The summed E-state index contributed by atoms with van der Waals surface area (Å²) in [5.74, 6) is -0.835. The summed E-state index contributed by atoms with van der Waals surface area (Å²) < 4.78 is 40.3. The Labute approximate surface area is 127 Å². The molecule has 0 saturated heterocycles. The van der Waals surface area contributed by atoms with Crippen LogP contribution >= 0.6 is 11.8 Å². The molecule has 1 aromatic carbocycles. The topological polar surface area (TPSA) is 61.0 Å². The van der Waals surface area contributed by atoms with Crippen molar-refractivity contribution in [1.82, 2.24) is 9.55 Å². The van der Waals surface area contributed by atoms with Gasteiger partial charge < -0.3 is 10.1 Å². The fourth-order valence-corrected chi connectivity index (χ4v) is 2.53. The van der Waals surface area contributed by atoms with Gasteiger partial charge in [-0.2, -0.15) is 17.7 Å². The minimum absolute atomic E-state index is 0.107. The van der Waals surface area contributed by atoms with Crippen LogP contribution in [0.2, 0.25) is 0 Å². The van der Waals surface area contributed by atoms with Gasteiger partial charge in [-0.1, -0.05) is 30.0 Å². The molecule has 0 amide bonds. The molecule has 0 atom stereocenters. The quantitative estimate of drug-likeness (QED) is 0.478. The van der Waals surface area contributed by atoms with E-state index < -0.39 is 22.6 Å². The van der Waals surface area contributed by atoms with Gasteiger partial charge >= 0.3 is 12.0 Å². The maximum atomic E-state index is 13.3. The monoisotopic (exact) mass is 329 g/mol. The Bertz CT molecular complexity index is 711. The normalized spacial score (nSPS) is 12.5. The molecule has 1 aromatic heterocycles. The molecule has 0 radical (unpaired) electrons. The molecule has 0 aliphatic heterocycles. The summed E-state index contributed by atoms with van der Waals surface area (Å²) in [7, 11) is 0. The van der Waals surface area contributed by atoms with Gasteiger partial charge in [0.25, 0.3) is 0 Å². The maximum absolute atomic E-state index is 13.3. The van der Waals surface area contributed by atoms with Gasteiger partial charge in [-0.05, 0) is 17.1 Å². The molecule has 2 rings (SSSR count). The smallest absolute Gasteiger partial charge is 0.358 e. The lowest BCUT2D eigenvalue weighted by Gasteiger charge is -2.10. The van der Waals surface area contributed by atoms with Crippen molar-refractivity contribution >= 4 is 23.3 Å². The van der Waals surface area contributed by atoms with Crippen molar-refractivity contribution in [2.45, 2.75) is 18.0 Å². The van der Waals surface area contributed by atoms with Crippen LogP contribution in [0.25, 0.3) is 5.70 Å². The van der Waals surface area contributed by atoms with Crippen LogP contribution in [0, 0.1) is 17.0 Å². The Morgan fingerprint density at radius 2 is 2.00 bits per heavy atom. The molecule has 22 heavy (non-hydrogen) atoms. The van der Waals surface area contributed by atoms with Crippen molar-refractivity contribution in [3.05, 3.63) is 57.9 Å². The van der Waals surface area contributed by atoms with Crippen LogP contribution in [0.5, 0.6) is 0 Å². The highest BCUT2D eigenvalue weighted by Crippen LogP contribution is 2.36. The number of allylic oxidation sites excluding steroid dienone is 1. The molecule has 2 aromatic rings. The Morgan fingerprint density at radius 1 is 1.36 bits per heavy atom. The van der Waals surface area contributed by atoms with Crippen LogP contribution in [0.4, 0.5) is 19.0 Å². The minimum Gasteiger partial charge on any atom is -0.358 e. The number of hydrogen-bond acceptors (Lipinski definition) is 4. The van der Waals surface area contributed by atoms with Gasteiger partial charge in [0.05, 0.1) is 0 Å². The van der Waals surface area contributed by atoms with Crippen molar-refractivity contribution in [3.8, 4) is 0 Å². The van der Waals surface area contributed by atoms with E-state index in [1.807, 2.05) is 0 Å². The molecule has 0 fully saturated rings. The fraction of sp³-hybridized carbons (Fsp3) is 0.154. The van der Waals surface area contributed by atoms with E-state index in [1.165, 1.54) is 6.92 Å². The second-order valence-corrected chi connectivity index (χ2v) is 5.13. The third-order valence-electron chi connectivity index (χ3n) is 2.69. The highest BCUT2D eigenvalue weighted by Gasteiger charge is 2.42. The Hall–Kier alpha value is -2.29. The summed E-state index contributed by atoms with van der Waals surface area (Å²) in [6.07, 6.45) is -3.94. The number of benzene rings is 1. The summed E-state index contributed by atoms with van der Waals surface area (Å²) in [4.78, 5) is 14.2. The largest absolute Gasteiger partial charge is 0.454 e. The maximum Gasteiger partial charge on any atom is 0.454 e. The standard InChI is InChI=1S/C13H10F3N3O2S/c1-9-17-7-12(19(20)21)18(9)11(13(14,15)16)8-22-10-5-3-2-4-6-10/h2-8H,1H3/b11-8-. The molecule has 0 spiro atoms. The average Bonchev–Trinajstić information content (AvgIpc) is 2.81. The van der Waals surface area contributed by atoms with E-state index in [2.05, 4.69) is 4.98 Å². The van der Waals surface area contributed by atoms with Gasteiger partial charge in [0.2, 0.25) is 5.70 Å². The number of alkyl halides is 3. The first kappa shape index (κ1) is 16.1. The number of aromatic nitrogens is 2. The molecule has 5 nitrogen and oxygen atoms in total. The van der Waals surface area contributed by atoms with Crippen molar-refractivity contribution in [1.29, 1.82) is 0 Å². The van der Waals surface area contributed by atoms with Gasteiger partial charge in [0.1, 0.15) is 6.20 Å². The molecular weight excluding hydrogens is 319 g/mol. The Kier molecular flexibility index (Phi) is 4.55. The number of halogens is 3. The van der Waals surface area contributed by atoms with Crippen LogP contribution in [-0.4, -0.2) is 20.7 Å². The molecule has 1 heterocycles. The Morgan fingerprint density at radius 3 is 2.55 bits per heavy atom. The first-order valence-electron chi connectivity index (χ1n) is 5.99. The van der Waals surface area contributed by atoms with Gasteiger partial charge in [-0.25, -0.2) is 4.98 Å². The second kappa shape index (κ2) is 6.22. The summed E-state index contributed by atoms with van der Waals surface area (Å²) in [6, 6.07) is 8.40. The number of hydrogen-bond donors (Lipinski definition) is 0. The van der Waals surface area contributed by atoms with E-state index in [9.17, 15) is 23.3 Å². The van der Waals surface area contributed by atoms with Crippen LogP contribution in [0.15, 0.2) is 46.8 Å². The predicted molar refractivity (Wildman–Crippen MR) is 76.2 cm³/mol. The van der Waals surface area contributed by atoms with Crippen molar-refractivity contribution < 1.29 is 18.1 Å². The van der Waals surface area contributed by atoms with Crippen LogP contribution in [0.1, 0.15) is 5.82 Å². The zero-order valence-corrected chi connectivity index (χ0v) is 12.1. The average molecular weight is 329 g/mol. The SMILES string of the molecule is Cc1ncc([N+](=O)[O-])n1/C(=C\Sc1ccccc1)C(F)(F)F. The minimum atomic E-state index is -4.75. The summed E-state index contributed by atoms with van der Waals surface area (Å²) in [5, 5.41) is 11.7. The molecule has 0 aliphatic rings. The first-order chi connectivity index (χ1) is 10.3. The number of rotatable bonds is 4. The first-order valence-corrected chi connectivity index (χ1v) is 6.87. The van der Waals surface area contributed by atoms with Crippen molar-refractivity contribution in [3.63, 3.8) is 0 Å². The van der Waals surface area contributed by atoms with Crippen molar-refractivity contribution in [2.75, 3.05) is 0 Å². The molecule has 0 unspecified atom stereocenters. The molecule has 0 aliphatic carbocycles. The third kappa shape index (κ3) is 3.48. The van der Waals surface area contributed by atoms with E-state index >= 15 is 0 Å². The van der Waals surface area contributed by atoms with Crippen LogP contribution < -0.4 is 0 Å². The second-order valence-electron chi connectivity index (χ2n) is 4.19. The predicted octanol–water partition coefficient (Wildman–Crippen LogP) is 4.25. The summed E-state index contributed by atoms with van der Waals surface area (Å²) in [6.45, 7) is 1.28. The zero-order chi connectivity index (χ0) is 16.3. The number of thioether (sulfide) groups is 1. The van der Waals surface area contributed by atoms with Gasteiger partial charge in [-0.3, -0.25) is 0 Å². The number of aryl methyl sites for hydroxylation is 1.